The van der Waals surface area contributed by atoms with Crippen molar-refractivity contribution in [2.75, 3.05) is 16.8 Å². The van der Waals surface area contributed by atoms with Gasteiger partial charge in [0.15, 0.2) is 5.78 Å². The minimum absolute atomic E-state index is 0.00944. The largest absolute Gasteiger partial charge is 0.325 e. The summed E-state index contributed by atoms with van der Waals surface area (Å²) in [7, 11) is 0. The molecule has 0 radical (unpaired) electrons. The summed E-state index contributed by atoms with van der Waals surface area (Å²) in [4.78, 5) is 23.7. The number of ketones is 1. The number of thioether (sulfide) groups is 1. The average molecular weight is 334 g/mol. The molecule has 0 heterocycles. The molecule has 0 bridgehead atoms. The summed E-state index contributed by atoms with van der Waals surface area (Å²) >= 11 is 7.08. The van der Waals surface area contributed by atoms with Crippen LogP contribution in [0.2, 0.25) is 5.02 Å². The summed E-state index contributed by atoms with van der Waals surface area (Å²) in [6.07, 6.45) is 0. The van der Waals surface area contributed by atoms with Gasteiger partial charge in [0.05, 0.1) is 11.5 Å². The van der Waals surface area contributed by atoms with E-state index in [1.807, 2.05) is 31.2 Å². The maximum Gasteiger partial charge on any atom is 0.234 e. The van der Waals surface area contributed by atoms with E-state index >= 15 is 0 Å². The van der Waals surface area contributed by atoms with Gasteiger partial charge in [-0.3, -0.25) is 9.59 Å². The minimum Gasteiger partial charge on any atom is -0.325 e. The first-order valence-corrected chi connectivity index (χ1v) is 8.31. The monoisotopic (exact) mass is 333 g/mol. The molecule has 0 aliphatic carbocycles. The number of anilines is 1. The van der Waals surface area contributed by atoms with Crippen molar-refractivity contribution in [1.29, 1.82) is 0 Å². The second-order valence-corrected chi connectivity index (χ2v) is 6.26. The van der Waals surface area contributed by atoms with Gasteiger partial charge < -0.3 is 5.32 Å². The zero-order chi connectivity index (χ0) is 15.9. The minimum atomic E-state index is -0.113. The van der Waals surface area contributed by atoms with Crippen LogP contribution in [0, 0.1) is 6.92 Å². The van der Waals surface area contributed by atoms with Crippen LogP contribution in [0.3, 0.4) is 0 Å². The van der Waals surface area contributed by atoms with Gasteiger partial charge in [-0.15, -0.1) is 11.8 Å². The van der Waals surface area contributed by atoms with E-state index in [0.717, 1.165) is 11.3 Å². The van der Waals surface area contributed by atoms with Crippen molar-refractivity contribution in [2.45, 2.75) is 6.92 Å². The number of amides is 1. The lowest BCUT2D eigenvalue weighted by atomic mass is 10.1. The Labute approximate surface area is 139 Å². The van der Waals surface area contributed by atoms with E-state index in [9.17, 15) is 9.59 Å². The first-order chi connectivity index (χ1) is 10.5. The highest BCUT2D eigenvalue weighted by molar-refractivity contribution is 8.00. The smallest absolute Gasteiger partial charge is 0.234 e. The molecule has 0 saturated carbocycles. The topological polar surface area (TPSA) is 46.2 Å². The summed E-state index contributed by atoms with van der Waals surface area (Å²) in [6.45, 7) is 1.99. The molecule has 0 aliphatic rings. The van der Waals surface area contributed by atoms with Crippen LogP contribution in [0.25, 0.3) is 0 Å². The summed E-state index contributed by atoms with van der Waals surface area (Å²) in [5.41, 5.74) is 2.51. The lowest BCUT2D eigenvalue weighted by molar-refractivity contribution is -0.113. The Morgan fingerprint density at radius 2 is 1.64 bits per heavy atom. The molecule has 2 aromatic carbocycles. The van der Waals surface area contributed by atoms with Crippen LogP contribution in [0.5, 0.6) is 0 Å². The number of nitrogens with one attached hydrogen (secondary N) is 1. The first-order valence-electron chi connectivity index (χ1n) is 6.77. The molecule has 0 atom stereocenters. The fourth-order valence-electron chi connectivity index (χ4n) is 1.79. The van der Waals surface area contributed by atoms with Gasteiger partial charge in [-0.1, -0.05) is 29.3 Å². The Hall–Kier alpha value is -1.78. The normalized spacial score (nSPS) is 10.3. The summed E-state index contributed by atoms with van der Waals surface area (Å²) in [5.74, 6) is 0.387. The van der Waals surface area contributed by atoms with E-state index in [1.54, 1.807) is 24.3 Å². The van der Waals surface area contributed by atoms with Gasteiger partial charge in [0.2, 0.25) is 5.91 Å². The zero-order valence-electron chi connectivity index (χ0n) is 12.1. The Balaban J connectivity index is 1.75. The fourth-order valence-corrected chi connectivity index (χ4v) is 2.63. The van der Waals surface area contributed by atoms with Gasteiger partial charge in [0, 0.05) is 16.3 Å². The molecule has 114 valence electrons. The van der Waals surface area contributed by atoms with Crippen molar-refractivity contribution in [1.82, 2.24) is 0 Å². The maximum atomic E-state index is 11.9. The Kier molecular flexibility index (Phi) is 6.04. The summed E-state index contributed by atoms with van der Waals surface area (Å²) in [6, 6.07) is 14.3. The number of Topliss-reactive ketones (excluding diaryl/α,β-unsaturated/α-hetero) is 1. The predicted octanol–water partition coefficient (Wildman–Crippen LogP) is 4.20. The van der Waals surface area contributed by atoms with Gasteiger partial charge in [0.1, 0.15) is 0 Å². The highest BCUT2D eigenvalue weighted by atomic mass is 35.5. The van der Waals surface area contributed by atoms with Crippen molar-refractivity contribution in [3.63, 3.8) is 0 Å². The maximum absolute atomic E-state index is 11.9. The molecule has 2 aromatic rings. The predicted molar refractivity (Wildman–Crippen MR) is 92.9 cm³/mol. The van der Waals surface area contributed by atoms with Crippen LogP contribution in [-0.2, 0) is 4.79 Å². The molecule has 0 unspecified atom stereocenters. The Morgan fingerprint density at radius 3 is 2.27 bits per heavy atom. The standard InChI is InChI=1S/C17H16ClNO2S/c1-12-2-8-15(9-3-12)19-17(21)11-22-10-16(20)13-4-6-14(18)7-5-13/h2-9H,10-11H2,1H3,(H,19,21). The molecule has 1 amide bonds. The highest BCUT2D eigenvalue weighted by Crippen LogP contribution is 2.13. The molecule has 0 fully saturated rings. The van der Waals surface area contributed by atoms with Gasteiger partial charge >= 0.3 is 0 Å². The van der Waals surface area contributed by atoms with Crippen LogP contribution in [0.4, 0.5) is 5.69 Å². The molecule has 22 heavy (non-hydrogen) atoms. The average Bonchev–Trinajstić information content (AvgIpc) is 2.50. The van der Waals surface area contributed by atoms with E-state index in [4.69, 9.17) is 11.6 Å². The number of benzene rings is 2. The van der Waals surface area contributed by atoms with Crippen molar-refractivity contribution < 1.29 is 9.59 Å². The van der Waals surface area contributed by atoms with Crippen molar-refractivity contribution in [3.8, 4) is 0 Å². The number of hydrogen-bond acceptors (Lipinski definition) is 3. The first kappa shape index (κ1) is 16.6. The lowest BCUT2D eigenvalue weighted by Gasteiger charge is -2.05. The molecule has 0 aromatic heterocycles. The van der Waals surface area contributed by atoms with E-state index in [2.05, 4.69) is 5.32 Å². The second-order valence-electron chi connectivity index (χ2n) is 4.84. The SMILES string of the molecule is Cc1ccc(NC(=O)CSCC(=O)c2ccc(Cl)cc2)cc1. The van der Waals surface area contributed by atoms with Crippen LogP contribution >= 0.6 is 23.4 Å². The second kappa shape index (κ2) is 8.01. The van der Waals surface area contributed by atoms with Crippen LogP contribution < -0.4 is 5.32 Å². The number of halogens is 1. The lowest BCUT2D eigenvalue weighted by Crippen LogP contribution is -2.15. The number of rotatable bonds is 6. The van der Waals surface area contributed by atoms with Gasteiger partial charge in [-0.25, -0.2) is 0 Å². The van der Waals surface area contributed by atoms with E-state index in [1.165, 1.54) is 11.8 Å². The van der Waals surface area contributed by atoms with Gasteiger partial charge in [-0.05, 0) is 43.3 Å². The Morgan fingerprint density at radius 1 is 1.00 bits per heavy atom. The third kappa shape index (κ3) is 5.20. The number of carbonyl (C=O) groups is 2. The molecule has 3 nitrogen and oxygen atoms in total. The number of hydrogen-bond donors (Lipinski definition) is 1. The van der Waals surface area contributed by atoms with Gasteiger partial charge in [-0.2, -0.15) is 0 Å². The van der Waals surface area contributed by atoms with E-state index in [0.29, 0.717) is 10.6 Å². The third-order valence-electron chi connectivity index (χ3n) is 2.97. The third-order valence-corrected chi connectivity index (χ3v) is 4.15. The molecule has 0 spiro atoms. The van der Waals surface area contributed by atoms with E-state index < -0.39 is 0 Å². The fraction of sp³-hybridized carbons (Fsp3) is 0.176. The van der Waals surface area contributed by atoms with Crippen LogP contribution in [-0.4, -0.2) is 23.2 Å². The zero-order valence-corrected chi connectivity index (χ0v) is 13.7. The quantitative estimate of drug-likeness (QED) is 0.806. The van der Waals surface area contributed by atoms with Crippen LogP contribution in [0.1, 0.15) is 15.9 Å². The summed E-state index contributed by atoms with van der Waals surface area (Å²) < 4.78 is 0. The van der Waals surface area contributed by atoms with E-state index in [-0.39, 0.29) is 23.2 Å². The van der Waals surface area contributed by atoms with Crippen molar-refractivity contribution >= 4 is 40.7 Å². The molecule has 1 N–H and O–H groups in total. The van der Waals surface area contributed by atoms with Crippen molar-refractivity contribution in [2.24, 2.45) is 0 Å². The van der Waals surface area contributed by atoms with Gasteiger partial charge in [0.25, 0.3) is 0 Å². The molecule has 2 rings (SSSR count). The molecule has 0 aliphatic heterocycles. The highest BCUT2D eigenvalue weighted by Gasteiger charge is 2.08. The molecule has 0 saturated heterocycles. The molecular formula is C17H16ClNO2S. The summed E-state index contributed by atoms with van der Waals surface area (Å²) in [5, 5.41) is 3.40. The van der Waals surface area contributed by atoms with Crippen LogP contribution in [0.15, 0.2) is 48.5 Å². The molecule has 5 heteroatoms. The van der Waals surface area contributed by atoms with Crippen molar-refractivity contribution in [3.05, 3.63) is 64.7 Å². The Bertz CT molecular complexity index is 653. The number of carbonyl (C=O) groups excluding carboxylic acids is 2. The molecular weight excluding hydrogens is 318 g/mol. The number of aryl methyl sites for hydroxylation is 1.